The minimum atomic E-state index is -0.384. The molecule has 1 aliphatic heterocycles. The maximum atomic E-state index is 12.9. The summed E-state index contributed by atoms with van der Waals surface area (Å²) in [4.78, 5) is 11.7. The van der Waals surface area contributed by atoms with E-state index < -0.39 is 0 Å². The topological polar surface area (TPSA) is 38.3 Å². The molecule has 0 saturated carbocycles. The highest BCUT2D eigenvalue weighted by atomic mass is 19.1. The van der Waals surface area contributed by atoms with Crippen molar-refractivity contribution in [1.82, 2.24) is 5.32 Å². The summed E-state index contributed by atoms with van der Waals surface area (Å²) in [6.07, 6.45) is 3.14. The Morgan fingerprint density at radius 2 is 2.39 bits per heavy atom. The van der Waals surface area contributed by atoms with Gasteiger partial charge in [-0.15, -0.1) is 0 Å². The number of carbonyl (C=O) groups is 1. The first-order valence-corrected chi connectivity index (χ1v) is 6.37. The van der Waals surface area contributed by atoms with Crippen molar-refractivity contribution in [2.24, 2.45) is 5.92 Å². The van der Waals surface area contributed by atoms with Crippen LogP contribution in [0, 0.1) is 11.7 Å². The third-order valence-corrected chi connectivity index (χ3v) is 3.19. The van der Waals surface area contributed by atoms with Crippen LogP contribution in [0.25, 0.3) is 0 Å². The van der Waals surface area contributed by atoms with Crippen LogP contribution in [-0.4, -0.2) is 25.7 Å². The summed E-state index contributed by atoms with van der Waals surface area (Å²) in [5, 5.41) is 2.80. The number of rotatable bonds is 5. The Balaban J connectivity index is 1.68. The fourth-order valence-corrected chi connectivity index (χ4v) is 2.14. The van der Waals surface area contributed by atoms with Gasteiger partial charge in [-0.2, -0.15) is 0 Å². The van der Waals surface area contributed by atoms with Crippen LogP contribution in [0.3, 0.4) is 0 Å². The van der Waals surface area contributed by atoms with Crippen LogP contribution in [0.1, 0.15) is 29.6 Å². The molecule has 98 valence electrons. The fraction of sp³-hybridized carbons (Fsp3) is 0.500. The summed E-state index contributed by atoms with van der Waals surface area (Å²) < 4.78 is 18.2. The lowest BCUT2D eigenvalue weighted by molar-refractivity contribution is 0.0952. The predicted octanol–water partition coefficient (Wildman–Crippen LogP) is 2.37. The minimum Gasteiger partial charge on any atom is -0.381 e. The molecule has 0 radical (unpaired) electrons. The standard InChI is InChI=1S/C14H18FNO2/c15-13-5-1-4-12(9-13)14(17)16-7-2-3-11-6-8-18-10-11/h1,4-5,9,11H,2-3,6-8,10H2,(H,16,17). The molecule has 1 aromatic rings. The summed E-state index contributed by atoms with van der Waals surface area (Å²) in [5.74, 6) is 0.0407. The van der Waals surface area contributed by atoms with Crippen molar-refractivity contribution < 1.29 is 13.9 Å². The van der Waals surface area contributed by atoms with Gasteiger partial charge < -0.3 is 10.1 Å². The van der Waals surface area contributed by atoms with Crippen molar-refractivity contribution in [3.05, 3.63) is 35.6 Å². The largest absolute Gasteiger partial charge is 0.381 e. The Labute approximate surface area is 106 Å². The van der Waals surface area contributed by atoms with Crippen LogP contribution < -0.4 is 5.32 Å². The van der Waals surface area contributed by atoms with Gasteiger partial charge in [-0.3, -0.25) is 4.79 Å². The van der Waals surface area contributed by atoms with E-state index in [9.17, 15) is 9.18 Å². The molecule has 0 aliphatic carbocycles. The van der Waals surface area contributed by atoms with Gasteiger partial charge in [0.2, 0.25) is 0 Å². The smallest absolute Gasteiger partial charge is 0.251 e. The van der Waals surface area contributed by atoms with Gasteiger partial charge in [-0.25, -0.2) is 4.39 Å². The highest BCUT2D eigenvalue weighted by Crippen LogP contribution is 2.17. The van der Waals surface area contributed by atoms with Crippen molar-refractivity contribution >= 4 is 5.91 Å². The van der Waals surface area contributed by atoms with E-state index in [0.29, 0.717) is 18.0 Å². The lowest BCUT2D eigenvalue weighted by Crippen LogP contribution is -2.24. The van der Waals surface area contributed by atoms with E-state index in [1.54, 1.807) is 12.1 Å². The monoisotopic (exact) mass is 251 g/mol. The van der Waals surface area contributed by atoms with Gasteiger partial charge in [0.15, 0.2) is 0 Å². The summed E-state index contributed by atoms with van der Waals surface area (Å²) >= 11 is 0. The van der Waals surface area contributed by atoms with Crippen LogP contribution in [0.4, 0.5) is 4.39 Å². The van der Waals surface area contributed by atoms with Crippen molar-refractivity contribution in [3.8, 4) is 0 Å². The van der Waals surface area contributed by atoms with Gasteiger partial charge in [-0.1, -0.05) is 6.07 Å². The van der Waals surface area contributed by atoms with Crippen LogP contribution in [0.15, 0.2) is 24.3 Å². The number of nitrogens with one attached hydrogen (secondary N) is 1. The average Bonchev–Trinajstić information content (AvgIpc) is 2.87. The van der Waals surface area contributed by atoms with Gasteiger partial charge in [0.1, 0.15) is 5.82 Å². The predicted molar refractivity (Wildman–Crippen MR) is 66.9 cm³/mol. The zero-order chi connectivity index (χ0) is 12.8. The molecule has 1 N–H and O–H groups in total. The number of ether oxygens (including phenoxy) is 1. The molecule has 1 aliphatic rings. The van der Waals surface area contributed by atoms with Crippen LogP contribution >= 0.6 is 0 Å². The van der Waals surface area contributed by atoms with E-state index in [-0.39, 0.29) is 11.7 Å². The summed E-state index contributed by atoms with van der Waals surface area (Å²) in [7, 11) is 0. The van der Waals surface area contributed by atoms with E-state index in [2.05, 4.69) is 5.32 Å². The third-order valence-electron chi connectivity index (χ3n) is 3.19. The van der Waals surface area contributed by atoms with Gasteiger partial charge in [0, 0.05) is 25.3 Å². The Morgan fingerprint density at radius 3 is 3.11 bits per heavy atom. The van der Waals surface area contributed by atoms with E-state index in [4.69, 9.17) is 4.74 Å². The zero-order valence-electron chi connectivity index (χ0n) is 10.3. The summed E-state index contributed by atoms with van der Waals surface area (Å²) in [6.45, 7) is 2.34. The van der Waals surface area contributed by atoms with Gasteiger partial charge in [0.25, 0.3) is 5.91 Å². The Kier molecular flexibility index (Phi) is 4.70. The van der Waals surface area contributed by atoms with Crippen molar-refractivity contribution in [1.29, 1.82) is 0 Å². The molecule has 1 fully saturated rings. The molecule has 1 amide bonds. The second-order valence-corrected chi connectivity index (χ2v) is 4.64. The molecule has 0 spiro atoms. The quantitative estimate of drug-likeness (QED) is 0.816. The molecule has 3 nitrogen and oxygen atoms in total. The van der Waals surface area contributed by atoms with Crippen LogP contribution in [-0.2, 0) is 4.74 Å². The molecule has 0 bridgehead atoms. The second-order valence-electron chi connectivity index (χ2n) is 4.64. The average molecular weight is 251 g/mol. The first-order valence-electron chi connectivity index (χ1n) is 6.37. The lowest BCUT2D eigenvalue weighted by Gasteiger charge is -2.08. The number of hydrogen-bond donors (Lipinski definition) is 1. The molecule has 0 aromatic heterocycles. The maximum absolute atomic E-state index is 12.9. The number of hydrogen-bond acceptors (Lipinski definition) is 2. The number of benzene rings is 1. The number of halogens is 1. The Bertz CT molecular complexity index is 403. The molecule has 18 heavy (non-hydrogen) atoms. The first-order chi connectivity index (χ1) is 8.75. The minimum absolute atomic E-state index is 0.211. The third kappa shape index (κ3) is 3.81. The van der Waals surface area contributed by atoms with E-state index in [1.165, 1.54) is 12.1 Å². The summed E-state index contributed by atoms with van der Waals surface area (Å²) in [6, 6.07) is 5.74. The highest BCUT2D eigenvalue weighted by Gasteiger charge is 2.14. The Morgan fingerprint density at radius 1 is 1.50 bits per heavy atom. The second kappa shape index (κ2) is 6.50. The van der Waals surface area contributed by atoms with E-state index in [1.807, 2.05) is 0 Å². The normalized spacial score (nSPS) is 18.8. The molecule has 1 atom stereocenters. The maximum Gasteiger partial charge on any atom is 0.251 e. The zero-order valence-corrected chi connectivity index (χ0v) is 10.3. The molecule has 2 rings (SSSR count). The molecule has 1 unspecified atom stereocenters. The van der Waals surface area contributed by atoms with E-state index in [0.717, 1.165) is 32.5 Å². The molecular formula is C14H18FNO2. The molecular weight excluding hydrogens is 233 g/mol. The van der Waals surface area contributed by atoms with Crippen molar-refractivity contribution in [3.63, 3.8) is 0 Å². The van der Waals surface area contributed by atoms with Crippen LogP contribution in [0.2, 0.25) is 0 Å². The van der Waals surface area contributed by atoms with Crippen molar-refractivity contribution in [2.45, 2.75) is 19.3 Å². The molecule has 1 saturated heterocycles. The van der Waals surface area contributed by atoms with Crippen LogP contribution in [0.5, 0.6) is 0 Å². The van der Waals surface area contributed by atoms with Gasteiger partial charge >= 0.3 is 0 Å². The lowest BCUT2D eigenvalue weighted by atomic mass is 10.0. The van der Waals surface area contributed by atoms with Gasteiger partial charge in [0.05, 0.1) is 0 Å². The van der Waals surface area contributed by atoms with Crippen molar-refractivity contribution in [2.75, 3.05) is 19.8 Å². The fourth-order valence-electron chi connectivity index (χ4n) is 2.14. The van der Waals surface area contributed by atoms with E-state index >= 15 is 0 Å². The number of carbonyl (C=O) groups excluding carboxylic acids is 1. The molecule has 1 heterocycles. The molecule has 1 aromatic carbocycles. The number of amides is 1. The van der Waals surface area contributed by atoms with Gasteiger partial charge in [-0.05, 0) is 43.4 Å². The first kappa shape index (κ1) is 13.0. The highest BCUT2D eigenvalue weighted by molar-refractivity contribution is 5.94. The Hall–Kier alpha value is -1.42. The molecule has 4 heteroatoms. The summed E-state index contributed by atoms with van der Waals surface area (Å²) in [5.41, 5.74) is 0.374. The SMILES string of the molecule is O=C(NCCCC1CCOC1)c1cccc(F)c1.